The molecule has 0 radical (unpaired) electrons. The van der Waals surface area contributed by atoms with E-state index in [1.54, 1.807) is 6.92 Å². The summed E-state index contributed by atoms with van der Waals surface area (Å²) in [4.78, 5) is 52.3. The molecule has 2 aromatic rings. The molecule has 1 unspecified atom stereocenters. The van der Waals surface area contributed by atoms with Crippen LogP contribution in [0.3, 0.4) is 0 Å². The van der Waals surface area contributed by atoms with E-state index in [-0.39, 0.29) is 29.1 Å². The van der Waals surface area contributed by atoms with Crippen LogP contribution >= 0.6 is 11.6 Å². The highest BCUT2D eigenvalue weighted by Gasteiger charge is 2.43. The maximum Gasteiger partial charge on any atom is 0.230 e. The van der Waals surface area contributed by atoms with Gasteiger partial charge < -0.3 is 19.3 Å². The Morgan fingerprint density at radius 3 is 2.26 bits per heavy atom. The Bertz CT molecular complexity index is 1490. The molecular weight excluding hydrogens is 612 g/mol. The lowest BCUT2D eigenvalue weighted by atomic mass is 9.93. The van der Waals surface area contributed by atoms with E-state index in [1.165, 1.54) is 18.5 Å². The Labute approximate surface area is 285 Å². The van der Waals surface area contributed by atoms with E-state index >= 15 is 0 Å². The minimum atomic E-state index is -0.382. The average molecular weight is 665 g/mol. The highest BCUT2D eigenvalue weighted by molar-refractivity contribution is 6.31. The number of halogens is 1. The van der Waals surface area contributed by atoms with Crippen molar-refractivity contribution in [3.05, 3.63) is 46.0 Å². The van der Waals surface area contributed by atoms with Crippen LogP contribution < -0.4 is 4.90 Å². The molecule has 3 atom stereocenters. The van der Waals surface area contributed by atoms with Gasteiger partial charge in [0.2, 0.25) is 17.7 Å². The fourth-order valence-electron chi connectivity index (χ4n) is 8.68. The minimum Gasteiger partial charge on any atom is -0.343 e. The summed E-state index contributed by atoms with van der Waals surface area (Å²) in [5, 5.41) is 0.678. The Balaban J connectivity index is 1.10. The molecule has 3 fully saturated rings. The summed E-state index contributed by atoms with van der Waals surface area (Å²) < 4.78 is 2.52. The zero-order chi connectivity index (χ0) is 33.6. The predicted octanol–water partition coefficient (Wildman–Crippen LogP) is 5.93. The van der Waals surface area contributed by atoms with Crippen LogP contribution in [0.15, 0.2) is 18.2 Å². The van der Waals surface area contributed by atoms with Crippen LogP contribution in [-0.4, -0.2) is 86.8 Å². The molecule has 4 aliphatic heterocycles. The number of aromatic nitrogens is 2. The van der Waals surface area contributed by atoms with Crippen LogP contribution in [0.25, 0.3) is 0 Å². The third-order valence-corrected chi connectivity index (χ3v) is 11.6. The van der Waals surface area contributed by atoms with Gasteiger partial charge in [0.25, 0.3) is 0 Å². The summed E-state index contributed by atoms with van der Waals surface area (Å²) >= 11 is 6.54. The van der Waals surface area contributed by atoms with Crippen molar-refractivity contribution in [3.8, 4) is 0 Å². The van der Waals surface area contributed by atoms with Crippen LogP contribution in [-0.2, 0) is 27.3 Å². The maximum absolute atomic E-state index is 14.0. The standard InChI is InChI=1S/C37H53ClN6O3/c1-24-8-9-30(22-32(24)38)43(35(46)27-12-17-40(18-13-27)26(3)45)16-7-15-42-28-10-11-29(42)21-31(20-28)44-25(2)39-33-23-41(19-14-34(33)44)36(47)37(4,5)6/h8-9,22,27-29,31H,7,10-21,23H2,1-6H3/t28-,29+,31?. The lowest BCUT2D eigenvalue weighted by Gasteiger charge is -2.41. The number of amides is 3. The van der Waals surface area contributed by atoms with Gasteiger partial charge in [0.15, 0.2) is 0 Å². The number of fused-ring (bicyclic) bond motifs is 3. The molecule has 10 heteroatoms. The molecule has 0 spiro atoms. The lowest BCUT2D eigenvalue weighted by Crippen LogP contribution is -2.47. The van der Waals surface area contributed by atoms with Crippen molar-refractivity contribution in [3.63, 3.8) is 0 Å². The van der Waals surface area contributed by atoms with E-state index < -0.39 is 0 Å². The van der Waals surface area contributed by atoms with Crippen LogP contribution in [0.1, 0.15) is 101 Å². The summed E-state index contributed by atoms with van der Waals surface area (Å²) in [7, 11) is 0. The number of carbonyl (C=O) groups excluding carboxylic acids is 3. The molecule has 3 amide bonds. The van der Waals surface area contributed by atoms with E-state index in [2.05, 4.69) is 16.4 Å². The number of carbonyl (C=O) groups is 3. The van der Waals surface area contributed by atoms with Crippen LogP contribution in [0.4, 0.5) is 5.69 Å². The zero-order valence-electron chi connectivity index (χ0n) is 29.2. The Hall–Kier alpha value is -2.91. The van der Waals surface area contributed by atoms with Crippen molar-refractivity contribution in [1.82, 2.24) is 24.3 Å². The largest absolute Gasteiger partial charge is 0.343 e. The molecule has 256 valence electrons. The fraction of sp³-hybridized carbons (Fsp3) is 0.676. The number of piperidine rings is 2. The molecule has 0 aliphatic carbocycles. The molecule has 9 nitrogen and oxygen atoms in total. The van der Waals surface area contributed by atoms with Crippen LogP contribution in [0.5, 0.6) is 0 Å². The first-order valence-corrected chi connectivity index (χ1v) is 18.1. The summed E-state index contributed by atoms with van der Waals surface area (Å²) in [6, 6.07) is 7.46. The topological polar surface area (TPSA) is 82.0 Å². The number of hydrogen-bond acceptors (Lipinski definition) is 5. The van der Waals surface area contributed by atoms with Crippen LogP contribution in [0, 0.1) is 25.2 Å². The third kappa shape index (κ3) is 6.98. The molecule has 1 aromatic carbocycles. The molecule has 0 N–H and O–H groups in total. The smallest absolute Gasteiger partial charge is 0.230 e. The monoisotopic (exact) mass is 664 g/mol. The van der Waals surface area contributed by atoms with Crippen LogP contribution in [0.2, 0.25) is 5.02 Å². The van der Waals surface area contributed by atoms with Gasteiger partial charge in [-0.1, -0.05) is 38.4 Å². The Morgan fingerprint density at radius 2 is 1.64 bits per heavy atom. The minimum absolute atomic E-state index is 0.0822. The number of nitrogens with zero attached hydrogens (tertiary/aromatic N) is 6. The summed E-state index contributed by atoms with van der Waals surface area (Å²) in [5.74, 6) is 1.43. The molecule has 6 rings (SSSR count). The SMILES string of the molecule is CC(=O)N1CCC(C(=O)N(CCCN2[C@@H]3CC[C@H]2CC(n2c(C)nc4c2CCN(C(=O)C(C)(C)C)C4)C3)c2ccc(C)c(Cl)c2)CC1. The molecule has 0 saturated carbocycles. The van der Waals surface area contributed by atoms with E-state index in [0.717, 1.165) is 61.5 Å². The van der Waals surface area contributed by atoms with Crippen molar-refractivity contribution in [2.45, 2.75) is 118 Å². The van der Waals surface area contributed by atoms with Gasteiger partial charge >= 0.3 is 0 Å². The summed E-state index contributed by atoms with van der Waals surface area (Å²) in [6.45, 7) is 16.0. The lowest BCUT2D eigenvalue weighted by molar-refractivity contribution is -0.140. The van der Waals surface area contributed by atoms with E-state index in [4.69, 9.17) is 16.6 Å². The Morgan fingerprint density at radius 1 is 0.957 bits per heavy atom. The van der Waals surface area contributed by atoms with Crippen molar-refractivity contribution in [2.75, 3.05) is 37.6 Å². The first-order valence-electron chi connectivity index (χ1n) is 17.8. The van der Waals surface area contributed by atoms with Gasteiger partial charge in [0.05, 0.1) is 12.2 Å². The quantitative estimate of drug-likeness (QED) is 0.366. The predicted molar refractivity (Wildman–Crippen MR) is 185 cm³/mol. The third-order valence-electron chi connectivity index (χ3n) is 11.2. The fourth-order valence-corrected chi connectivity index (χ4v) is 8.86. The number of imidazole rings is 1. The molecular formula is C37H53ClN6O3. The Kier molecular flexibility index (Phi) is 9.79. The van der Waals surface area contributed by atoms with E-state index in [0.29, 0.717) is 62.2 Å². The number of likely N-dealkylation sites (tertiary alicyclic amines) is 1. The molecule has 5 heterocycles. The number of rotatable bonds is 7. The molecule has 2 bridgehead atoms. The van der Waals surface area contributed by atoms with E-state index in [9.17, 15) is 14.4 Å². The average Bonchev–Trinajstić information content (AvgIpc) is 3.48. The first kappa shape index (κ1) is 34.0. The summed E-state index contributed by atoms with van der Waals surface area (Å²) in [5.41, 5.74) is 3.89. The van der Waals surface area contributed by atoms with Gasteiger partial charge in [0, 0.05) is 91.9 Å². The molecule has 4 aliphatic rings. The highest BCUT2D eigenvalue weighted by atomic mass is 35.5. The van der Waals surface area contributed by atoms with Gasteiger partial charge in [-0.05, 0) is 76.5 Å². The molecule has 47 heavy (non-hydrogen) atoms. The first-order chi connectivity index (χ1) is 22.3. The van der Waals surface area contributed by atoms with Gasteiger partial charge in [-0.2, -0.15) is 0 Å². The van der Waals surface area contributed by atoms with Crippen molar-refractivity contribution in [1.29, 1.82) is 0 Å². The zero-order valence-corrected chi connectivity index (χ0v) is 30.0. The second-order valence-corrected chi connectivity index (χ2v) is 15.9. The van der Waals surface area contributed by atoms with Gasteiger partial charge in [-0.25, -0.2) is 4.98 Å². The number of hydrogen-bond donors (Lipinski definition) is 0. The van der Waals surface area contributed by atoms with Crippen molar-refractivity contribution >= 4 is 35.0 Å². The highest BCUT2D eigenvalue weighted by Crippen LogP contribution is 2.43. The van der Waals surface area contributed by atoms with Gasteiger partial charge in [-0.15, -0.1) is 0 Å². The van der Waals surface area contributed by atoms with Crippen molar-refractivity contribution < 1.29 is 14.4 Å². The number of aryl methyl sites for hydroxylation is 2. The second kappa shape index (κ2) is 13.5. The van der Waals surface area contributed by atoms with Gasteiger partial charge in [0.1, 0.15) is 5.82 Å². The maximum atomic E-state index is 14.0. The van der Waals surface area contributed by atoms with Crippen molar-refractivity contribution in [2.24, 2.45) is 11.3 Å². The normalized spacial score (nSPS) is 23.6. The second-order valence-electron chi connectivity index (χ2n) is 15.5. The van der Waals surface area contributed by atoms with Gasteiger partial charge in [-0.3, -0.25) is 19.3 Å². The number of benzene rings is 1. The molecule has 3 saturated heterocycles. The summed E-state index contributed by atoms with van der Waals surface area (Å²) in [6.07, 6.45) is 7.85. The van der Waals surface area contributed by atoms with E-state index in [1.807, 2.05) is 60.6 Å². The number of anilines is 1. The molecule has 1 aromatic heterocycles.